The smallest absolute Gasteiger partial charge is 0.319 e. The molecule has 1 atom stereocenters. The van der Waals surface area contributed by atoms with E-state index in [1.807, 2.05) is 0 Å². The summed E-state index contributed by atoms with van der Waals surface area (Å²) in [5.74, 6) is -0.656. The molecule has 0 aliphatic carbocycles. The number of fused-ring (bicyclic) bond motifs is 4. The molecule has 2 aromatic heterocycles. The Hall–Kier alpha value is -3.56. The van der Waals surface area contributed by atoms with Gasteiger partial charge in [-0.2, -0.15) is 15.2 Å². The van der Waals surface area contributed by atoms with E-state index in [0.29, 0.717) is 42.9 Å². The van der Waals surface area contributed by atoms with Crippen LogP contribution in [0, 0.1) is 23.0 Å². The maximum atomic E-state index is 17.1. The number of halogens is 3. The van der Waals surface area contributed by atoms with E-state index in [1.54, 1.807) is 0 Å². The minimum absolute atomic E-state index is 0.0234. The lowest BCUT2D eigenvalue weighted by molar-refractivity contribution is 0.108. The van der Waals surface area contributed by atoms with Gasteiger partial charge in [0.2, 0.25) is 0 Å². The van der Waals surface area contributed by atoms with Crippen molar-refractivity contribution < 1.29 is 13.5 Å². The van der Waals surface area contributed by atoms with E-state index in [-0.39, 0.29) is 59.9 Å². The third-order valence-electron chi connectivity index (χ3n) is 9.92. The van der Waals surface area contributed by atoms with E-state index in [4.69, 9.17) is 32.0 Å². The number of piperazine rings is 1. The summed E-state index contributed by atoms with van der Waals surface area (Å²) < 4.78 is 38.6. The summed E-state index contributed by atoms with van der Waals surface area (Å²) in [6.45, 7) is 9.06. The molecule has 4 aliphatic rings. The quantitative estimate of drug-likeness (QED) is 0.278. The summed E-state index contributed by atoms with van der Waals surface area (Å²) in [5.41, 5.74) is 7.82. The third kappa shape index (κ3) is 3.97. The summed E-state index contributed by atoms with van der Waals surface area (Å²) in [6.07, 6.45) is 4.93. The van der Waals surface area contributed by atoms with Crippen LogP contribution in [0.2, 0.25) is 5.02 Å². The van der Waals surface area contributed by atoms with Crippen molar-refractivity contribution in [3.05, 3.63) is 46.5 Å². The number of nitrogen functional groups attached to an aromatic ring is 1. The number of benzene rings is 2. The van der Waals surface area contributed by atoms with E-state index in [0.717, 1.165) is 62.2 Å². The molecule has 44 heavy (non-hydrogen) atoms. The maximum Gasteiger partial charge on any atom is 0.319 e. The minimum Gasteiger partial charge on any atom is -0.461 e. The highest BCUT2D eigenvalue weighted by molar-refractivity contribution is 7.23. The average Bonchev–Trinajstić information content (AvgIpc) is 3.67. The predicted octanol–water partition coefficient (Wildman–Crippen LogP) is 6.10. The molecular weight excluding hydrogens is 604 g/mol. The highest BCUT2D eigenvalue weighted by atomic mass is 35.5. The molecule has 0 bridgehead atoms. The Kier molecular flexibility index (Phi) is 6.50. The highest BCUT2D eigenvalue weighted by Gasteiger charge is 2.45. The third-order valence-corrected chi connectivity index (χ3v) is 11.3. The van der Waals surface area contributed by atoms with Crippen molar-refractivity contribution in [1.82, 2.24) is 20.2 Å². The van der Waals surface area contributed by atoms with Crippen molar-refractivity contribution in [2.45, 2.75) is 43.7 Å². The van der Waals surface area contributed by atoms with Gasteiger partial charge in [-0.3, -0.25) is 4.90 Å². The fourth-order valence-corrected chi connectivity index (χ4v) is 9.25. The van der Waals surface area contributed by atoms with Gasteiger partial charge in [0, 0.05) is 42.2 Å². The number of rotatable bonds is 4. The van der Waals surface area contributed by atoms with E-state index >= 15 is 4.39 Å². The van der Waals surface area contributed by atoms with Crippen LogP contribution < -0.4 is 20.7 Å². The number of ether oxygens (including phenoxy) is 1. The summed E-state index contributed by atoms with van der Waals surface area (Å²) in [7, 11) is 0. The van der Waals surface area contributed by atoms with Crippen molar-refractivity contribution in [3.63, 3.8) is 0 Å². The van der Waals surface area contributed by atoms with Gasteiger partial charge >= 0.3 is 6.01 Å². The van der Waals surface area contributed by atoms with Crippen LogP contribution in [0.1, 0.15) is 43.2 Å². The Morgan fingerprint density at radius 1 is 1.18 bits per heavy atom. The van der Waals surface area contributed by atoms with Gasteiger partial charge in [0.05, 0.1) is 26.2 Å². The van der Waals surface area contributed by atoms with Crippen molar-refractivity contribution >= 4 is 60.3 Å². The van der Waals surface area contributed by atoms with Gasteiger partial charge in [-0.25, -0.2) is 8.78 Å². The number of hydrogen-bond acceptors (Lipinski definition) is 9. The molecule has 226 valence electrons. The molecule has 3 fully saturated rings. The standard InChI is InChI=1S/C32H30ClF2N7OS/c1-16-12-17-14-38-8-11-42(17)30-24-21(16)25(33)23(18-4-5-20(34)28-22(18)19(13-36)29(37)44-28)26(35)27(24)39-31(40-30)43-15-32-6-2-9-41(32)10-3-7-32/h4-5,17,38H,1-3,6-12,14-15,37H2/t17-/m1/s1. The molecule has 6 heterocycles. The van der Waals surface area contributed by atoms with Gasteiger partial charge in [0.25, 0.3) is 0 Å². The number of nitrogens with one attached hydrogen (secondary N) is 1. The van der Waals surface area contributed by atoms with E-state index in [2.05, 4.69) is 27.8 Å². The number of nitrogens with zero attached hydrogens (tertiary/aromatic N) is 5. The Morgan fingerprint density at radius 3 is 2.75 bits per heavy atom. The number of thiophene rings is 1. The molecule has 8 rings (SSSR count). The number of nitrogens with two attached hydrogens (primary N) is 1. The first-order valence-corrected chi connectivity index (χ1v) is 16.2. The van der Waals surface area contributed by atoms with Gasteiger partial charge in [-0.15, -0.1) is 11.3 Å². The van der Waals surface area contributed by atoms with Crippen LogP contribution in [-0.2, 0) is 0 Å². The van der Waals surface area contributed by atoms with Gasteiger partial charge in [-0.1, -0.05) is 24.2 Å². The van der Waals surface area contributed by atoms with Crippen molar-refractivity contribution in [1.29, 1.82) is 5.26 Å². The first kappa shape index (κ1) is 28.0. The highest BCUT2D eigenvalue weighted by Crippen LogP contribution is 2.50. The van der Waals surface area contributed by atoms with Crippen LogP contribution in [0.25, 0.3) is 37.7 Å². The molecule has 0 amide bonds. The molecule has 4 aliphatic heterocycles. The van der Waals surface area contributed by atoms with Gasteiger partial charge in [-0.05, 0) is 62.4 Å². The second-order valence-corrected chi connectivity index (χ2v) is 13.7. The number of nitriles is 1. The number of aromatic nitrogens is 2. The molecule has 3 N–H and O–H groups in total. The Labute approximate surface area is 262 Å². The van der Waals surface area contributed by atoms with E-state index in [1.165, 1.54) is 12.1 Å². The fourth-order valence-electron chi connectivity index (χ4n) is 7.89. The van der Waals surface area contributed by atoms with Crippen molar-refractivity contribution in [3.8, 4) is 23.2 Å². The summed E-state index contributed by atoms with van der Waals surface area (Å²) in [6, 6.07) is 4.92. The number of anilines is 2. The Balaban J connectivity index is 1.38. The topological polar surface area (TPSA) is 103 Å². The van der Waals surface area contributed by atoms with Crippen LogP contribution in [0.15, 0.2) is 18.7 Å². The van der Waals surface area contributed by atoms with Gasteiger partial charge in [0.15, 0.2) is 5.82 Å². The lowest BCUT2D eigenvalue weighted by Gasteiger charge is -2.36. The first-order chi connectivity index (χ1) is 21.3. The molecule has 12 heteroatoms. The van der Waals surface area contributed by atoms with Crippen LogP contribution >= 0.6 is 22.9 Å². The molecule has 0 spiro atoms. The van der Waals surface area contributed by atoms with E-state index < -0.39 is 11.6 Å². The summed E-state index contributed by atoms with van der Waals surface area (Å²) in [4.78, 5) is 14.3. The zero-order valence-corrected chi connectivity index (χ0v) is 25.6. The molecule has 0 radical (unpaired) electrons. The maximum absolute atomic E-state index is 17.1. The zero-order valence-electron chi connectivity index (χ0n) is 24.0. The molecular formula is C32H30ClF2N7OS. The van der Waals surface area contributed by atoms with Crippen LogP contribution in [0.4, 0.5) is 19.6 Å². The summed E-state index contributed by atoms with van der Waals surface area (Å²) in [5, 5.41) is 14.4. The number of hydrogen-bond donors (Lipinski definition) is 2. The first-order valence-electron chi connectivity index (χ1n) is 15.0. The SMILES string of the molecule is C=C1C[C@@H]2CNCCN2c2nc(OCC34CCCN3CCC4)nc3c(F)c(-c4ccc(F)c5sc(N)c(C#N)c45)c(Cl)c1c23. The predicted molar refractivity (Wildman–Crippen MR) is 170 cm³/mol. The van der Waals surface area contributed by atoms with Crippen molar-refractivity contribution in [2.24, 2.45) is 0 Å². The Morgan fingerprint density at radius 2 is 1.98 bits per heavy atom. The lowest BCUT2D eigenvalue weighted by atomic mass is 9.91. The monoisotopic (exact) mass is 633 g/mol. The lowest BCUT2D eigenvalue weighted by Crippen LogP contribution is -2.51. The van der Waals surface area contributed by atoms with Gasteiger partial charge < -0.3 is 20.7 Å². The minimum atomic E-state index is -0.688. The normalized spacial score (nSPS) is 21.0. The Bertz CT molecular complexity index is 1930. The second kappa shape index (κ2) is 10.2. The molecule has 2 aromatic carbocycles. The molecule has 3 saturated heterocycles. The van der Waals surface area contributed by atoms with E-state index in [9.17, 15) is 9.65 Å². The zero-order chi connectivity index (χ0) is 30.3. The van der Waals surface area contributed by atoms with Crippen molar-refractivity contribution in [2.75, 3.05) is 50.0 Å². The fraction of sp³-hybridized carbons (Fsp3) is 0.406. The largest absolute Gasteiger partial charge is 0.461 e. The summed E-state index contributed by atoms with van der Waals surface area (Å²) >= 11 is 8.11. The molecule has 8 nitrogen and oxygen atoms in total. The molecule has 4 aromatic rings. The molecule has 0 saturated carbocycles. The van der Waals surface area contributed by atoms with Gasteiger partial charge in [0.1, 0.15) is 34.8 Å². The molecule has 0 unspecified atom stereocenters. The van der Waals surface area contributed by atoms with Crippen LogP contribution in [-0.4, -0.2) is 65.8 Å². The van der Waals surface area contributed by atoms with Crippen LogP contribution in [0.5, 0.6) is 6.01 Å². The average molecular weight is 634 g/mol. The second-order valence-electron chi connectivity index (χ2n) is 12.2. The van der Waals surface area contributed by atoms with Crippen LogP contribution in [0.3, 0.4) is 0 Å².